The number of carbonyl (C=O) groups excluding carboxylic acids is 1. The lowest BCUT2D eigenvalue weighted by Crippen LogP contribution is -2.28. The molecule has 1 heterocycles. The molecule has 2 unspecified atom stereocenters. The standard InChI is InChI=1S/C14H17NO3/c1-8-5-4-6-9(2)12(8)13-10(14(17)18)7-11(16)15(13)3/h4-6,10,13H,7H2,1-3H3,(H,17,18). The molecule has 0 bridgehead atoms. The fourth-order valence-corrected chi connectivity index (χ4v) is 2.78. The van der Waals surface area contributed by atoms with E-state index in [1.54, 1.807) is 11.9 Å². The van der Waals surface area contributed by atoms with E-state index in [1.807, 2.05) is 32.0 Å². The molecule has 0 radical (unpaired) electrons. The molecule has 1 amide bonds. The van der Waals surface area contributed by atoms with Gasteiger partial charge in [-0.25, -0.2) is 0 Å². The van der Waals surface area contributed by atoms with Gasteiger partial charge in [-0.05, 0) is 30.5 Å². The van der Waals surface area contributed by atoms with Crippen LogP contribution in [-0.4, -0.2) is 28.9 Å². The van der Waals surface area contributed by atoms with Crippen molar-refractivity contribution in [1.82, 2.24) is 4.90 Å². The Morgan fingerprint density at radius 1 is 1.33 bits per heavy atom. The van der Waals surface area contributed by atoms with Crippen molar-refractivity contribution < 1.29 is 14.7 Å². The van der Waals surface area contributed by atoms with Crippen LogP contribution in [0.15, 0.2) is 18.2 Å². The lowest BCUT2D eigenvalue weighted by Gasteiger charge is -2.26. The Hall–Kier alpha value is -1.84. The summed E-state index contributed by atoms with van der Waals surface area (Å²) in [4.78, 5) is 24.6. The molecule has 1 aromatic carbocycles. The van der Waals surface area contributed by atoms with Crippen LogP contribution in [0.5, 0.6) is 0 Å². The Morgan fingerprint density at radius 3 is 2.39 bits per heavy atom. The third-order valence-corrected chi connectivity index (χ3v) is 3.74. The molecule has 4 heteroatoms. The summed E-state index contributed by atoms with van der Waals surface area (Å²) in [5.74, 6) is -1.65. The second-order valence-electron chi connectivity index (χ2n) is 4.90. The minimum atomic E-state index is -0.902. The third-order valence-electron chi connectivity index (χ3n) is 3.74. The number of aryl methyl sites for hydroxylation is 2. The number of carboxylic acid groups (broad SMARTS) is 1. The van der Waals surface area contributed by atoms with Crippen molar-refractivity contribution in [2.45, 2.75) is 26.3 Å². The molecule has 1 saturated heterocycles. The summed E-state index contributed by atoms with van der Waals surface area (Å²) < 4.78 is 0. The second kappa shape index (κ2) is 4.44. The van der Waals surface area contributed by atoms with E-state index in [0.29, 0.717) is 0 Å². The van der Waals surface area contributed by atoms with Crippen LogP contribution in [0.2, 0.25) is 0 Å². The number of aliphatic carboxylic acids is 1. The molecule has 0 spiro atoms. The van der Waals surface area contributed by atoms with Crippen LogP contribution >= 0.6 is 0 Å². The largest absolute Gasteiger partial charge is 0.481 e. The van der Waals surface area contributed by atoms with Crippen molar-refractivity contribution in [3.63, 3.8) is 0 Å². The molecule has 0 saturated carbocycles. The van der Waals surface area contributed by atoms with Gasteiger partial charge in [-0.2, -0.15) is 0 Å². The van der Waals surface area contributed by atoms with Crippen molar-refractivity contribution in [3.05, 3.63) is 34.9 Å². The van der Waals surface area contributed by atoms with Gasteiger partial charge in [0.25, 0.3) is 0 Å². The van der Waals surface area contributed by atoms with Crippen LogP contribution < -0.4 is 0 Å². The van der Waals surface area contributed by atoms with Crippen molar-refractivity contribution >= 4 is 11.9 Å². The Balaban J connectivity index is 2.53. The topological polar surface area (TPSA) is 57.6 Å². The summed E-state index contributed by atoms with van der Waals surface area (Å²) >= 11 is 0. The van der Waals surface area contributed by atoms with Crippen LogP contribution in [-0.2, 0) is 9.59 Å². The van der Waals surface area contributed by atoms with Gasteiger partial charge in [0.1, 0.15) is 0 Å². The molecule has 18 heavy (non-hydrogen) atoms. The monoisotopic (exact) mass is 247 g/mol. The molecule has 96 valence electrons. The maximum Gasteiger partial charge on any atom is 0.309 e. The molecule has 1 aromatic rings. The quantitative estimate of drug-likeness (QED) is 0.868. The average molecular weight is 247 g/mol. The molecule has 1 aliphatic rings. The van der Waals surface area contributed by atoms with Crippen molar-refractivity contribution in [3.8, 4) is 0 Å². The SMILES string of the molecule is Cc1cccc(C)c1C1C(C(=O)O)CC(=O)N1C. The predicted octanol–water partition coefficient (Wildman–Crippen LogP) is 1.91. The van der Waals surface area contributed by atoms with E-state index in [9.17, 15) is 14.7 Å². The third kappa shape index (κ3) is 1.88. The number of nitrogens with zero attached hydrogens (tertiary/aromatic N) is 1. The van der Waals surface area contributed by atoms with Gasteiger partial charge < -0.3 is 10.0 Å². The molecule has 1 aliphatic heterocycles. The first kappa shape index (κ1) is 12.6. The van der Waals surface area contributed by atoms with Gasteiger partial charge in [0.05, 0.1) is 12.0 Å². The second-order valence-corrected chi connectivity index (χ2v) is 4.90. The fourth-order valence-electron chi connectivity index (χ4n) is 2.78. The number of carbonyl (C=O) groups is 2. The molecule has 0 aliphatic carbocycles. The normalized spacial score (nSPS) is 23.5. The van der Waals surface area contributed by atoms with E-state index in [0.717, 1.165) is 16.7 Å². The first-order chi connectivity index (χ1) is 8.43. The maximum absolute atomic E-state index is 11.8. The number of carboxylic acids is 1. The van der Waals surface area contributed by atoms with E-state index in [2.05, 4.69) is 0 Å². The molecular weight excluding hydrogens is 230 g/mol. The van der Waals surface area contributed by atoms with Gasteiger partial charge in [-0.15, -0.1) is 0 Å². The van der Waals surface area contributed by atoms with E-state index < -0.39 is 11.9 Å². The van der Waals surface area contributed by atoms with Gasteiger partial charge in [-0.3, -0.25) is 9.59 Å². The lowest BCUT2D eigenvalue weighted by molar-refractivity contribution is -0.142. The fraction of sp³-hybridized carbons (Fsp3) is 0.429. The van der Waals surface area contributed by atoms with Crippen LogP contribution in [0.1, 0.15) is 29.2 Å². The summed E-state index contributed by atoms with van der Waals surface area (Å²) in [5.41, 5.74) is 3.04. The van der Waals surface area contributed by atoms with Crippen molar-refractivity contribution in [2.24, 2.45) is 5.92 Å². The molecule has 4 nitrogen and oxygen atoms in total. The molecule has 2 rings (SSSR count). The maximum atomic E-state index is 11.8. The highest BCUT2D eigenvalue weighted by molar-refractivity contribution is 5.87. The Kier molecular flexibility index (Phi) is 3.11. The van der Waals surface area contributed by atoms with Crippen LogP contribution in [0.3, 0.4) is 0 Å². The zero-order chi connectivity index (χ0) is 13.4. The van der Waals surface area contributed by atoms with Gasteiger partial charge >= 0.3 is 5.97 Å². The Morgan fingerprint density at radius 2 is 1.89 bits per heavy atom. The number of likely N-dealkylation sites (tertiary alicyclic amines) is 1. The highest BCUT2D eigenvalue weighted by atomic mass is 16.4. The summed E-state index contributed by atoms with van der Waals surface area (Å²) in [5, 5.41) is 9.28. The van der Waals surface area contributed by atoms with Gasteiger partial charge in [0.2, 0.25) is 5.91 Å². The van der Waals surface area contributed by atoms with E-state index >= 15 is 0 Å². The molecule has 1 N–H and O–H groups in total. The minimum Gasteiger partial charge on any atom is -0.481 e. The lowest BCUT2D eigenvalue weighted by atomic mass is 9.88. The highest BCUT2D eigenvalue weighted by Gasteiger charge is 2.43. The first-order valence-electron chi connectivity index (χ1n) is 5.98. The number of hydrogen-bond acceptors (Lipinski definition) is 2. The molecular formula is C14H17NO3. The van der Waals surface area contributed by atoms with Crippen LogP contribution in [0, 0.1) is 19.8 Å². The Labute approximate surface area is 106 Å². The van der Waals surface area contributed by atoms with E-state index in [4.69, 9.17) is 0 Å². The zero-order valence-electron chi connectivity index (χ0n) is 10.8. The van der Waals surface area contributed by atoms with E-state index in [1.165, 1.54) is 0 Å². The summed E-state index contributed by atoms with van der Waals surface area (Å²) in [7, 11) is 1.68. The van der Waals surface area contributed by atoms with Crippen molar-refractivity contribution in [1.29, 1.82) is 0 Å². The van der Waals surface area contributed by atoms with Crippen LogP contribution in [0.4, 0.5) is 0 Å². The number of rotatable bonds is 2. The summed E-state index contributed by atoms with van der Waals surface area (Å²) in [6, 6.07) is 5.51. The Bertz CT molecular complexity index is 490. The minimum absolute atomic E-state index is 0.0876. The zero-order valence-corrected chi connectivity index (χ0v) is 10.8. The molecule has 2 atom stereocenters. The number of amides is 1. The smallest absolute Gasteiger partial charge is 0.309 e. The predicted molar refractivity (Wildman–Crippen MR) is 67.2 cm³/mol. The van der Waals surface area contributed by atoms with Crippen LogP contribution in [0.25, 0.3) is 0 Å². The summed E-state index contributed by atoms with van der Waals surface area (Å²) in [6.07, 6.45) is 0.0876. The van der Waals surface area contributed by atoms with Gasteiger partial charge in [0.15, 0.2) is 0 Å². The summed E-state index contributed by atoms with van der Waals surface area (Å²) in [6.45, 7) is 3.91. The molecule has 0 aromatic heterocycles. The van der Waals surface area contributed by atoms with Crippen molar-refractivity contribution in [2.75, 3.05) is 7.05 Å². The molecule has 1 fully saturated rings. The average Bonchev–Trinajstić information content (AvgIpc) is 2.57. The van der Waals surface area contributed by atoms with E-state index in [-0.39, 0.29) is 18.4 Å². The first-order valence-corrected chi connectivity index (χ1v) is 5.98. The number of hydrogen-bond donors (Lipinski definition) is 1. The highest BCUT2D eigenvalue weighted by Crippen LogP contribution is 2.39. The number of benzene rings is 1. The van der Waals surface area contributed by atoms with Gasteiger partial charge in [-0.1, -0.05) is 18.2 Å². The van der Waals surface area contributed by atoms with Gasteiger partial charge in [0, 0.05) is 13.5 Å².